The standard InChI is InChI=1S/C19H19ClN6O/c1-10(25-18-16-17(22-8-21-16)23-9-24-18)14-7-11-3-2-4-13(20)15(11)19(27)26(14)12-5-6-12/h2-4,8-10,12,14H,5-7H2,1H3,(H2,21,22,23,24,25). The lowest BCUT2D eigenvalue weighted by molar-refractivity contribution is 0.0613. The number of carbonyl (C=O) groups excluding carboxylic acids is 1. The zero-order valence-electron chi connectivity index (χ0n) is 14.8. The first-order valence-electron chi connectivity index (χ1n) is 9.14. The Bertz CT molecular complexity index is 1030. The summed E-state index contributed by atoms with van der Waals surface area (Å²) < 4.78 is 0. The molecule has 8 heteroatoms. The molecule has 138 valence electrons. The molecule has 0 saturated heterocycles. The Morgan fingerprint density at radius 3 is 2.96 bits per heavy atom. The number of carbonyl (C=O) groups is 1. The van der Waals surface area contributed by atoms with Gasteiger partial charge in [0, 0.05) is 12.1 Å². The first-order valence-corrected chi connectivity index (χ1v) is 9.52. The first-order chi connectivity index (χ1) is 13.1. The maximum Gasteiger partial charge on any atom is 0.256 e. The number of amides is 1. The molecule has 1 aliphatic heterocycles. The van der Waals surface area contributed by atoms with Gasteiger partial charge in [0.25, 0.3) is 5.91 Å². The summed E-state index contributed by atoms with van der Waals surface area (Å²) in [4.78, 5) is 31.0. The predicted molar refractivity (Wildman–Crippen MR) is 103 cm³/mol. The highest BCUT2D eigenvalue weighted by atomic mass is 35.5. The van der Waals surface area contributed by atoms with Crippen molar-refractivity contribution < 1.29 is 4.79 Å². The average Bonchev–Trinajstić information content (AvgIpc) is 3.37. The van der Waals surface area contributed by atoms with E-state index in [1.807, 2.05) is 17.0 Å². The molecule has 3 heterocycles. The number of fused-ring (bicyclic) bond motifs is 2. The number of aromatic nitrogens is 4. The van der Waals surface area contributed by atoms with Crippen LogP contribution in [0.25, 0.3) is 11.2 Å². The molecule has 2 aromatic heterocycles. The van der Waals surface area contributed by atoms with Crippen molar-refractivity contribution in [1.29, 1.82) is 0 Å². The molecule has 1 amide bonds. The van der Waals surface area contributed by atoms with E-state index in [-0.39, 0.29) is 18.0 Å². The minimum atomic E-state index is 0.00285. The third-order valence-electron chi connectivity index (χ3n) is 5.44. The molecule has 3 aromatic rings. The van der Waals surface area contributed by atoms with E-state index >= 15 is 0 Å². The van der Waals surface area contributed by atoms with Crippen LogP contribution in [0.3, 0.4) is 0 Å². The normalized spacial score (nSPS) is 20.6. The van der Waals surface area contributed by atoms with Crippen molar-refractivity contribution in [3.63, 3.8) is 0 Å². The highest BCUT2D eigenvalue weighted by Crippen LogP contribution is 2.38. The molecule has 0 spiro atoms. The van der Waals surface area contributed by atoms with Crippen molar-refractivity contribution in [1.82, 2.24) is 24.8 Å². The first kappa shape index (κ1) is 16.5. The number of rotatable bonds is 4. The number of benzene rings is 1. The quantitative estimate of drug-likeness (QED) is 0.724. The summed E-state index contributed by atoms with van der Waals surface area (Å²) in [6.07, 6.45) is 5.97. The number of nitrogens with zero attached hydrogens (tertiary/aromatic N) is 4. The van der Waals surface area contributed by atoms with Crippen LogP contribution in [0.2, 0.25) is 5.02 Å². The fraction of sp³-hybridized carbons (Fsp3) is 0.368. The lowest BCUT2D eigenvalue weighted by Crippen LogP contribution is -2.54. The van der Waals surface area contributed by atoms with Gasteiger partial charge in [-0.2, -0.15) is 0 Å². The molecule has 2 unspecified atom stereocenters. The fourth-order valence-electron chi connectivity index (χ4n) is 3.98. The molecular weight excluding hydrogens is 364 g/mol. The summed E-state index contributed by atoms with van der Waals surface area (Å²) in [5, 5.41) is 4.01. The molecular formula is C19H19ClN6O. The molecule has 0 radical (unpaired) electrons. The Morgan fingerprint density at radius 1 is 1.30 bits per heavy atom. The number of anilines is 1. The van der Waals surface area contributed by atoms with Crippen LogP contribution in [-0.4, -0.2) is 48.9 Å². The zero-order valence-corrected chi connectivity index (χ0v) is 15.6. The zero-order chi connectivity index (χ0) is 18.5. The monoisotopic (exact) mass is 382 g/mol. The van der Waals surface area contributed by atoms with Crippen LogP contribution in [0.15, 0.2) is 30.9 Å². The van der Waals surface area contributed by atoms with Crippen LogP contribution in [0.5, 0.6) is 0 Å². The Balaban J connectivity index is 1.49. The molecule has 5 rings (SSSR count). The maximum absolute atomic E-state index is 13.2. The van der Waals surface area contributed by atoms with Gasteiger partial charge >= 0.3 is 0 Å². The van der Waals surface area contributed by atoms with Crippen LogP contribution in [-0.2, 0) is 6.42 Å². The van der Waals surface area contributed by atoms with Gasteiger partial charge < -0.3 is 15.2 Å². The third-order valence-corrected chi connectivity index (χ3v) is 5.75. The van der Waals surface area contributed by atoms with Gasteiger partial charge in [-0.15, -0.1) is 0 Å². The SMILES string of the molecule is CC(Nc1ncnc2nc[nH]c12)C1Cc2cccc(Cl)c2C(=O)N1C1CC1. The number of imidazole rings is 1. The van der Waals surface area contributed by atoms with E-state index in [9.17, 15) is 4.79 Å². The van der Waals surface area contributed by atoms with Gasteiger partial charge in [0.15, 0.2) is 11.5 Å². The van der Waals surface area contributed by atoms with Gasteiger partial charge in [-0.25, -0.2) is 15.0 Å². The fourth-order valence-corrected chi connectivity index (χ4v) is 4.25. The van der Waals surface area contributed by atoms with Crippen molar-refractivity contribution in [2.45, 2.75) is 44.3 Å². The lowest BCUT2D eigenvalue weighted by atomic mass is 9.89. The van der Waals surface area contributed by atoms with Gasteiger partial charge in [-0.1, -0.05) is 23.7 Å². The summed E-state index contributed by atoms with van der Waals surface area (Å²) >= 11 is 6.35. The second kappa shape index (κ2) is 6.20. The van der Waals surface area contributed by atoms with Crippen molar-refractivity contribution in [2.75, 3.05) is 5.32 Å². The van der Waals surface area contributed by atoms with Gasteiger partial charge in [0.2, 0.25) is 0 Å². The van der Waals surface area contributed by atoms with E-state index in [1.54, 1.807) is 12.4 Å². The topological polar surface area (TPSA) is 86.8 Å². The molecule has 0 bridgehead atoms. The number of aromatic amines is 1. The van der Waals surface area contributed by atoms with E-state index in [1.165, 1.54) is 6.33 Å². The smallest absolute Gasteiger partial charge is 0.256 e. The Kier molecular flexibility index (Phi) is 3.79. The molecule has 1 aromatic carbocycles. The number of H-pyrrole nitrogens is 1. The Hall–Kier alpha value is -2.67. The molecule has 27 heavy (non-hydrogen) atoms. The van der Waals surface area contributed by atoms with Crippen LogP contribution in [0, 0.1) is 0 Å². The minimum absolute atomic E-state index is 0.00285. The van der Waals surface area contributed by atoms with Gasteiger partial charge in [-0.05, 0) is 37.8 Å². The second-order valence-corrected chi connectivity index (χ2v) is 7.65. The second-order valence-electron chi connectivity index (χ2n) is 7.25. The summed E-state index contributed by atoms with van der Waals surface area (Å²) in [6.45, 7) is 2.09. The van der Waals surface area contributed by atoms with E-state index in [0.29, 0.717) is 28.1 Å². The minimum Gasteiger partial charge on any atom is -0.364 e. The average molecular weight is 383 g/mol. The number of nitrogens with one attached hydrogen (secondary N) is 2. The van der Waals surface area contributed by atoms with Crippen molar-refractivity contribution in [3.05, 3.63) is 47.0 Å². The van der Waals surface area contributed by atoms with Crippen LogP contribution >= 0.6 is 11.6 Å². The molecule has 1 aliphatic carbocycles. The number of hydrogen-bond acceptors (Lipinski definition) is 5. The van der Waals surface area contributed by atoms with Gasteiger partial charge in [0.05, 0.1) is 23.0 Å². The van der Waals surface area contributed by atoms with E-state index in [2.05, 4.69) is 32.2 Å². The van der Waals surface area contributed by atoms with E-state index < -0.39 is 0 Å². The van der Waals surface area contributed by atoms with E-state index in [4.69, 9.17) is 11.6 Å². The summed E-state index contributed by atoms with van der Waals surface area (Å²) in [7, 11) is 0. The predicted octanol–water partition coefficient (Wildman–Crippen LogP) is 3.04. The summed E-state index contributed by atoms with van der Waals surface area (Å²) in [6, 6.07) is 6.04. The van der Waals surface area contributed by atoms with Gasteiger partial charge in [-0.3, -0.25) is 4.79 Å². The van der Waals surface area contributed by atoms with Crippen LogP contribution in [0.1, 0.15) is 35.7 Å². The Labute approximate surface area is 161 Å². The highest BCUT2D eigenvalue weighted by Gasteiger charge is 2.44. The summed E-state index contributed by atoms with van der Waals surface area (Å²) in [5.74, 6) is 0.738. The molecule has 1 saturated carbocycles. The van der Waals surface area contributed by atoms with E-state index in [0.717, 1.165) is 30.3 Å². The molecule has 7 nitrogen and oxygen atoms in total. The third kappa shape index (κ3) is 2.73. The van der Waals surface area contributed by atoms with Crippen LogP contribution in [0.4, 0.5) is 5.82 Å². The van der Waals surface area contributed by atoms with Crippen molar-refractivity contribution >= 4 is 34.5 Å². The maximum atomic E-state index is 13.2. The lowest BCUT2D eigenvalue weighted by Gasteiger charge is -2.40. The molecule has 2 aliphatic rings. The van der Waals surface area contributed by atoms with Crippen LogP contribution < -0.4 is 5.32 Å². The number of hydrogen-bond donors (Lipinski definition) is 2. The van der Waals surface area contributed by atoms with Crippen molar-refractivity contribution in [2.24, 2.45) is 0 Å². The highest BCUT2D eigenvalue weighted by molar-refractivity contribution is 6.34. The molecule has 2 N–H and O–H groups in total. The molecule has 1 fully saturated rings. The Morgan fingerprint density at radius 2 is 2.15 bits per heavy atom. The summed E-state index contributed by atoms with van der Waals surface area (Å²) in [5.41, 5.74) is 3.06. The largest absolute Gasteiger partial charge is 0.364 e. The van der Waals surface area contributed by atoms with Crippen molar-refractivity contribution in [3.8, 4) is 0 Å². The van der Waals surface area contributed by atoms with Gasteiger partial charge in [0.1, 0.15) is 11.8 Å². The molecule has 2 atom stereocenters. The number of halogens is 1.